The number of aliphatic hydroxyl groups is 1. The molecule has 90 valence electrons. The standard InChI is InChI=1S/C15H13NOS/c17-11-3-4-13-6-8-14(9-7-13)12-18-15-5-1-2-10-16-15/h1-2,5-10,17H,11-12H2. The van der Waals surface area contributed by atoms with Gasteiger partial charge in [0.1, 0.15) is 6.61 Å². The molecule has 1 aromatic heterocycles. The van der Waals surface area contributed by atoms with E-state index in [1.165, 1.54) is 5.56 Å². The van der Waals surface area contributed by atoms with Crippen LogP contribution in [0.5, 0.6) is 0 Å². The van der Waals surface area contributed by atoms with Crippen molar-refractivity contribution < 1.29 is 5.11 Å². The molecule has 0 aliphatic heterocycles. The van der Waals surface area contributed by atoms with Gasteiger partial charge in [-0.3, -0.25) is 0 Å². The molecule has 0 saturated heterocycles. The zero-order valence-corrected chi connectivity index (χ0v) is 10.7. The third-order valence-corrected chi connectivity index (χ3v) is 3.31. The number of aromatic nitrogens is 1. The topological polar surface area (TPSA) is 33.1 Å². The van der Waals surface area contributed by atoms with Gasteiger partial charge in [-0.05, 0) is 29.8 Å². The quantitative estimate of drug-likeness (QED) is 0.676. The van der Waals surface area contributed by atoms with Gasteiger partial charge in [-0.2, -0.15) is 0 Å². The highest BCUT2D eigenvalue weighted by Gasteiger charge is 1.96. The predicted octanol–water partition coefficient (Wildman–Crippen LogP) is 2.72. The number of benzene rings is 1. The molecular formula is C15H13NOS. The normalized spacial score (nSPS) is 9.61. The van der Waals surface area contributed by atoms with Crippen LogP contribution < -0.4 is 0 Å². The fourth-order valence-corrected chi connectivity index (χ4v) is 2.23. The highest BCUT2D eigenvalue weighted by molar-refractivity contribution is 7.98. The lowest BCUT2D eigenvalue weighted by molar-refractivity contribution is 0.350. The van der Waals surface area contributed by atoms with Crippen LogP contribution in [0.2, 0.25) is 0 Å². The zero-order chi connectivity index (χ0) is 12.6. The summed E-state index contributed by atoms with van der Waals surface area (Å²) in [5.41, 5.74) is 2.16. The van der Waals surface area contributed by atoms with Crippen LogP contribution >= 0.6 is 11.8 Å². The van der Waals surface area contributed by atoms with Gasteiger partial charge >= 0.3 is 0 Å². The Bertz CT molecular complexity index is 540. The highest BCUT2D eigenvalue weighted by atomic mass is 32.2. The molecule has 2 aromatic rings. The molecule has 1 heterocycles. The van der Waals surface area contributed by atoms with Crippen LogP contribution in [0.1, 0.15) is 11.1 Å². The second-order valence-corrected chi connectivity index (χ2v) is 4.61. The van der Waals surface area contributed by atoms with E-state index in [1.54, 1.807) is 18.0 Å². The Kier molecular flexibility index (Phi) is 4.83. The lowest BCUT2D eigenvalue weighted by Gasteiger charge is -2.01. The van der Waals surface area contributed by atoms with Gasteiger partial charge in [-0.25, -0.2) is 4.98 Å². The smallest absolute Gasteiger partial charge is 0.104 e. The first-order chi connectivity index (χ1) is 8.88. The van der Waals surface area contributed by atoms with Gasteiger partial charge in [0.05, 0.1) is 5.03 Å². The lowest BCUT2D eigenvalue weighted by atomic mass is 10.1. The lowest BCUT2D eigenvalue weighted by Crippen LogP contribution is -1.83. The summed E-state index contributed by atoms with van der Waals surface area (Å²) in [7, 11) is 0. The summed E-state index contributed by atoms with van der Waals surface area (Å²) in [4.78, 5) is 4.26. The first kappa shape index (κ1) is 12.7. The third kappa shape index (κ3) is 3.92. The van der Waals surface area contributed by atoms with Crippen molar-refractivity contribution >= 4 is 11.8 Å². The summed E-state index contributed by atoms with van der Waals surface area (Å²) >= 11 is 1.71. The molecule has 0 atom stereocenters. The largest absolute Gasteiger partial charge is 0.384 e. The number of rotatable bonds is 3. The van der Waals surface area contributed by atoms with Gasteiger partial charge in [0.25, 0.3) is 0 Å². The van der Waals surface area contributed by atoms with Crippen molar-refractivity contribution in [3.63, 3.8) is 0 Å². The Labute approximate surface area is 111 Å². The minimum Gasteiger partial charge on any atom is -0.384 e. The third-order valence-electron chi connectivity index (χ3n) is 2.29. The zero-order valence-electron chi connectivity index (χ0n) is 9.84. The van der Waals surface area contributed by atoms with Crippen molar-refractivity contribution in [2.45, 2.75) is 10.8 Å². The molecule has 1 aromatic carbocycles. The number of pyridine rings is 1. The first-order valence-electron chi connectivity index (χ1n) is 5.61. The number of hydrogen-bond donors (Lipinski definition) is 1. The van der Waals surface area contributed by atoms with Gasteiger partial charge < -0.3 is 5.11 Å². The maximum absolute atomic E-state index is 8.61. The van der Waals surface area contributed by atoms with Crippen LogP contribution in [0.25, 0.3) is 0 Å². The van der Waals surface area contributed by atoms with Crippen molar-refractivity contribution in [3.8, 4) is 11.8 Å². The van der Waals surface area contributed by atoms with E-state index in [0.29, 0.717) is 0 Å². The molecule has 0 unspecified atom stereocenters. The summed E-state index contributed by atoms with van der Waals surface area (Å²) in [6.07, 6.45) is 1.80. The van der Waals surface area contributed by atoms with Crippen LogP contribution in [0.15, 0.2) is 53.7 Å². The van der Waals surface area contributed by atoms with E-state index in [9.17, 15) is 0 Å². The summed E-state index contributed by atoms with van der Waals surface area (Å²) in [6.45, 7) is -0.0999. The maximum atomic E-state index is 8.61. The van der Waals surface area contributed by atoms with E-state index >= 15 is 0 Å². The van der Waals surface area contributed by atoms with E-state index < -0.39 is 0 Å². The molecule has 18 heavy (non-hydrogen) atoms. The van der Waals surface area contributed by atoms with Crippen LogP contribution in [0.4, 0.5) is 0 Å². The molecule has 3 heteroatoms. The Balaban J connectivity index is 1.94. The van der Waals surface area contributed by atoms with E-state index in [1.807, 2.05) is 30.3 Å². The fraction of sp³-hybridized carbons (Fsp3) is 0.133. The van der Waals surface area contributed by atoms with Crippen molar-refractivity contribution in [1.29, 1.82) is 0 Å². The van der Waals surface area contributed by atoms with Gasteiger partial charge in [-0.15, -0.1) is 11.8 Å². The summed E-state index contributed by atoms with van der Waals surface area (Å²) in [5.74, 6) is 6.40. The number of hydrogen-bond acceptors (Lipinski definition) is 3. The summed E-state index contributed by atoms with van der Waals surface area (Å²) in [6, 6.07) is 14.0. The van der Waals surface area contributed by atoms with E-state index in [-0.39, 0.29) is 6.61 Å². The number of aliphatic hydroxyl groups excluding tert-OH is 1. The molecule has 2 rings (SSSR count). The average Bonchev–Trinajstić information content (AvgIpc) is 2.45. The Morgan fingerprint density at radius 1 is 1.11 bits per heavy atom. The minimum atomic E-state index is -0.0999. The van der Waals surface area contributed by atoms with Gasteiger partial charge in [-0.1, -0.05) is 30.0 Å². The molecule has 1 N–H and O–H groups in total. The minimum absolute atomic E-state index is 0.0999. The fourth-order valence-electron chi connectivity index (χ4n) is 1.42. The second kappa shape index (κ2) is 6.85. The molecule has 0 saturated carbocycles. The highest BCUT2D eigenvalue weighted by Crippen LogP contribution is 2.20. The van der Waals surface area contributed by atoms with E-state index in [2.05, 4.69) is 29.0 Å². The molecule has 0 fully saturated rings. The molecule has 0 spiro atoms. The molecule has 0 bridgehead atoms. The van der Waals surface area contributed by atoms with E-state index in [0.717, 1.165) is 16.3 Å². The SMILES string of the molecule is OCC#Cc1ccc(CSc2ccccn2)cc1. The van der Waals surface area contributed by atoms with Crippen LogP contribution in [-0.2, 0) is 5.75 Å². The summed E-state index contributed by atoms with van der Waals surface area (Å²) in [5, 5.41) is 9.64. The summed E-state index contributed by atoms with van der Waals surface area (Å²) < 4.78 is 0. The van der Waals surface area contributed by atoms with Crippen molar-refractivity contribution in [2.75, 3.05) is 6.61 Å². The van der Waals surface area contributed by atoms with Gasteiger partial charge in [0, 0.05) is 17.5 Å². The van der Waals surface area contributed by atoms with Crippen LogP contribution in [0, 0.1) is 11.8 Å². The molecule has 0 aliphatic carbocycles. The first-order valence-corrected chi connectivity index (χ1v) is 6.59. The maximum Gasteiger partial charge on any atom is 0.104 e. The van der Waals surface area contributed by atoms with Crippen molar-refractivity contribution in [2.24, 2.45) is 0 Å². The molecule has 0 amide bonds. The molecule has 0 aliphatic rings. The average molecular weight is 255 g/mol. The van der Waals surface area contributed by atoms with E-state index in [4.69, 9.17) is 5.11 Å². The molecule has 2 nitrogen and oxygen atoms in total. The number of thioether (sulfide) groups is 1. The molecule has 0 radical (unpaired) electrons. The molecular weight excluding hydrogens is 242 g/mol. The monoisotopic (exact) mass is 255 g/mol. The van der Waals surface area contributed by atoms with Crippen LogP contribution in [0.3, 0.4) is 0 Å². The number of nitrogens with zero attached hydrogens (tertiary/aromatic N) is 1. The Morgan fingerprint density at radius 3 is 2.61 bits per heavy atom. The van der Waals surface area contributed by atoms with Gasteiger partial charge in [0.15, 0.2) is 0 Å². The van der Waals surface area contributed by atoms with Gasteiger partial charge in [0.2, 0.25) is 0 Å². The van der Waals surface area contributed by atoms with Crippen molar-refractivity contribution in [3.05, 3.63) is 59.8 Å². The second-order valence-electron chi connectivity index (χ2n) is 3.61. The van der Waals surface area contributed by atoms with Crippen LogP contribution in [-0.4, -0.2) is 16.7 Å². The van der Waals surface area contributed by atoms with Crippen molar-refractivity contribution in [1.82, 2.24) is 4.98 Å². The Morgan fingerprint density at radius 2 is 1.94 bits per heavy atom. The predicted molar refractivity (Wildman–Crippen MR) is 74.2 cm³/mol. The Hall–Kier alpha value is -1.76.